The third-order valence-electron chi connectivity index (χ3n) is 5.25. The van der Waals surface area contributed by atoms with Crippen LogP contribution in [0.2, 0.25) is 0 Å². The van der Waals surface area contributed by atoms with E-state index in [1.807, 2.05) is 25.1 Å². The van der Waals surface area contributed by atoms with Crippen molar-refractivity contribution in [3.63, 3.8) is 0 Å². The van der Waals surface area contributed by atoms with E-state index in [0.717, 1.165) is 12.1 Å². The lowest BCUT2D eigenvalue weighted by Gasteiger charge is -2.41. The summed E-state index contributed by atoms with van der Waals surface area (Å²) >= 11 is 0. The van der Waals surface area contributed by atoms with E-state index in [-0.39, 0.29) is 17.1 Å². The van der Waals surface area contributed by atoms with Gasteiger partial charge in [0, 0.05) is 37.4 Å². The Morgan fingerprint density at radius 2 is 1.93 bits per heavy atom. The van der Waals surface area contributed by atoms with E-state index < -0.39 is 0 Å². The molecule has 0 radical (unpaired) electrons. The average molecular weight is 406 g/mol. The van der Waals surface area contributed by atoms with Crippen LogP contribution in [0.15, 0.2) is 59.8 Å². The summed E-state index contributed by atoms with van der Waals surface area (Å²) < 4.78 is 7.85. The van der Waals surface area contributed by atoms with Gasteiger partial charge in [0.25, 0.3) is 5.56 Å². The van der Waals surface area contributed by atoms with Crippen molar-refractivity contribution in [1.82, 2.24) is 19.5 Å². The highest BCUT2D eigenvalue weighted by molar-refractivity contribution is 5.55. The summed E-state index contributed by atoms with van der Waals surface area (Å²) in [5, 5.41) is 0. The van der Waals surface area contributed by atoms with Gasteiger partial charge < -0.3 is 9.64 Å². The van der Waals surface area contributed by atoms with Crippen LogP contribution in [0.5, 0.6) is 0 Å². The maximum Gasteiger partial charge on any atom is 0.255 e. The van der Waals surface area contributed by atoms with Crippen LogP contribution < -0.4 is 10.5 Å². The number of aromatic nitrogens is 4. The summed E-state index contributed by atoms with van der Waals surface area (Å²) in [6.45, 7) is 8.97. The Bertz CT molecular complexity index is 1050. The van der Waals surface area contributed by atoms with E-state index in [0.29, 0.717) is 37.0 Å². The van der Waals surface area contributed by atoms with Gasteiger partial charge in [-0.3, -0.25) is 9.36 Å². The van der Waals surface area contributed by atoms with E-state index in [4.69, 9.17) is 9.72 Å². The minimum atomic E-state index is -0.113. The Kier molecular flexibility index (Phi) is 5.63. The van der Waals surface area contributed by atoms with Crippen LogP contribution in [0.25, 0.3) is 11.4 Å². The third kappa shape index (κ3) is 4.26. The number of hydrogen-bond donors (Lipinski definition) is 0. The normalized spacial score (nSPS) is 16.2. The molecule has 1 aromatic carbocycles. The van der Waals surface area contributed by atoms with Gasteiger partial charge in [0.15, 0.2) is 0 Å². The fraction of sp³-hybridized carbons (Fsp3) is 0.391. The molecule has 0 spiro atoms. The molecule has 1 aliphatic rings. The molecule has 0 aliphatic carbocycles. The molecule has 7 nitrogen and oxygen atoms in total. The minimum Gasteiger partial charge on any atom is -0.372 e. The topological polar surface area (TPSA) is 73.1 Å². The van der Waals surface area contributed by atoms with Crippen LogP contribution in [0.3, 0.4) is 0 Å². The summed E-state index contributed by atoms with van der Waals surface area (Å²) in [5.41, 5.74) is 2.18. The second-order valence-corrected chi connectivity index (χ2v) is 8.36. The first kappa shape index (κ1) is 20.2. The van der Waals surface area contributed by atoms with Crippen molar-refractivity contribution in [3.8, 4) is 11.4 Å². The Hall–Kier alpha value is -3.06. The number of ether oxygens (including phenoxy) is 1. The molecule has 7 heteroatoms. The van der Waals surface area contributed by atoms with Crippen molar-refractivity contribution >= 4 is 5.95 Å². The molecule has 0 saturated carbocycles. The predicted octanol–water partition coefficient (Wildman–Crippen LogP) is 3.32. The minimum absolute atomic E-state index is 0.0671. The molecule has 30 heavy (non-hydrogen) atoms. The largest absolute Gasteiger partial charge is 0.372 e. The standard InChI is InChI=1S/C23H27N5O2/c1-4-30-20(17-8-6-5-7-9-17)13-27-14-23(2,3)15-28-21(29)12-19(26-22(27)28)18-10-11-24-16-25-18/h5-12,16,20H,4,13-15H2,1-3H3/t20-/m0/s1. The molecule has 3 aromatic rings. The predicted molar refractivity (Wildman–Crippen MR) is 116 cm³/mol. The molecule has 1 aliphatic heterocycles. The highest BCUT2D eigenvalue weighted by atomic mass is 16.5. The fourth-order valence-electron chi connectivity index (χ4n) is 3.99. The number of anilines is 1. The van der Waals surface area contributed by atoms with E-state index in [1.165, 1.54) is 6.33 Å². The van der Waals surface area contributed by atoms with Gasteiger partial charge in [0.1, 0.15) is 12.4 Å². The first-order chi connectivity index (χ1) is 14.5. The number of fused-ring (bicyclic) bond motifs is 1. The monoisotopic (exact) mass is 405 g/mol. The van der Waals surface area contributed by atoms with Crippen molar-refractivity contribution in [2.75, 3.05) is 24.6 Å². The Morgan fingerprint density at radius 3 is 2.63 bits per heavy atom. The van der Waals surface area contributed by atoms with E-state index >= 15 is 0 Å². The van der Waals surface area contributed by atoms with Crippen LogP contribution in [0.4, 0.5) is 5.95 Å². The maximum atomic E-state index is 13.0. The van der Waals surface area contributed by atoms with Gasteiger partial charge in [-0.25, -0.2) is 15.0 Å². The van der Waals surface area contributed by atoms with Gasteiger partial charge >= 0.3 is 0 Å². The average Bonchev–Trinajstić information content (AvgIpc) is 2.75. The van der Waals surface area contributed by atoms with E-state index in [2.05, 4.69) is 40.8 Å². The van der Waals surface area contributed by atoms with Crippen molar-refractivity contribution in [2.24, 2.45) is 5.41 Å². The van der Waals surface area contributed by atoms with Crippen molar-refractivity contribution in [1.29, 1.82) is 0 Å². The zero-order chi connectivity index (χ0) is 21.1. The zero-order valence-corrected chi connectivity index (χ0v) is 17.7. The van der Waals surface area contributed by atoms with Gasteiger partial charge in [-0.1, -0.05) is 44.2 Å². The van der Waals surface area contributed by atoms with Gasteiger partial charge in [0.05, 0.1) is 17.9 Å². The molecule has 2 aromatic heterocycles. The molecule has 3 heterocycles. The summed E-state index contributed by atoms with van der Waals surface area (Å²) in [6, 6.07) is 13.5. The fourth-order valence-corrected chi connectivity index (χ4v) is 3.99. The van der Waals surface area contributed by atoms with Crippen molar-refractivity contribution in [3.05, 3.63) is 70.9 Å². The molecule has 0 bridgehead atoms. The molecular weight excluding hydrogens is 378 g/mol. The summed E-state index contributed by atoms with van der Waals surface area (Å²) in [7, 11) is 0. The van der Waals surface area contributed by atoms with Gasteiger partial charge in [-0.05, 0) is 18.6 Å². The summed E-state index contributed by atoms with van der Waals surface area (Å²) in [5.74, 6) is 0.663. The number of benzene rings is 1. The SMILES string of the molecule is CCO[C@@H](CN1CC(C)(C)Cn2c1nc(-c1ccncn1)cc2=O)c1ccccc1. The molecule has 0 amide bonds. The van der Waals surface area contributed by atoms with Crippen LogP contribution in [0, 0.1) is 5.41 Å². The third-order valence-corrected chi connectivity index (χ3v) is 5.25. The lowest BCUT2D eigenvalue weighted by atomic mass is 9.90. The first-order valence-electron chi connectivity index (χ1n) is 10.3. The van der Waals surface area contributed by atoms with Gasteiger partial charge in [-0.15, -0.1) is 0 Å². The molecular formula is C23H27N5O2. The first-order valence-corrected chi connectivity index (χ1v) is 10.3. The van der Waals surface area contributed by atoms with Crippen LogP contribution >= 0.6 is 0 Å². The van der Waals surface area contributed by atoms with E-state index in [1.54, 1.807) is 22.9 Å². The van der Waals surface area contributed by atoms with Gasteiger partial charge in [-0.2, -0.15) is 0 Å². The lowest BCUT2D eigenvalue weighted by molar-refractivity contribution is 0.0642. The molecule has 0 unspecified atom stereocenters. The molecule has 156 valence electrons. The number of nitrogens with zero attached hydrogens (tertiary/aromatic N) is 5. The lowest BCUT2D eigenvalue weighted by Crippen LogP contribution is -2.49. The van der Waals surface area contributed by atoms with Crippen LogP contribution in [-0.2, 0) is 11.3 Å². The molecule has 1 atom stereocenters. The Labute approximate surface area is 176 Å². The smallest absolute Gasteiger partial charge is 0.255 e. The molecule has 0 N–H and O–H groups in total. The summed E-state index contributed by atoms with van der Waals surface area (Å²) in [6.07, 6.45) is 3.01. The van der Waals surface area contributed by atoms with Crippen LogP contribution in [0.1, 0.15) is 32.4 Å². The Morgan fingerprint density at radius 1 is 1.13 bits per heavy atom. The van der Waals surface area contributed by atoms with Crippen LogP contribution in [-0.4, -0.2) is 39.2 Å². The zero-order valence-electron chi connectivity index (χ0n) is 17.7. The molecule has 0 fully saturated rings. The van der Waals surface area contributed by atoms with E-state index in [9.17, 15) is 4.79 Å². The maximum absolute atomic E-state index is 13.0. The van der Waals surface area contributed by atoms with Crippen molar-refractivity contribution in [2.45, 2.75) is 33.4 Å². The van der Waals surface area contributed by atoms with Crippen molar-refractivity contribution < 1.29 is 4.74 Å². The quantitative estimate of drug-likeness (QED) is 0.626. The Balaban J connectivity index is 1.75. The molecule has 0 saturated heterocycles. The number of rotatable bonds is 6. The molecule has 4 rings (SSSR count). The second-order valence-electron chi connectivity index (χ2n) is 8.36. The van der Waals surface area contributed by atoms with Gasteiger partial charge in [0.2, 0.25) is 5.95 Å². The highest BCUT2D eigenvalue weighted by Gasteiger charge is 2.34. The second kappa shape index (κ2) is 8.36. The highest BCUT2D eigenvalue weighted by Crippen LogP contribution is 2.32. The number of hydrogen-bond acceptors (Lipinski definition) is 6. The summed E-state index contributed by atoms with van der Waals surface area (Å²) in [4.78, 5) is 28.2.